The third-order valence-electron chi connectivity index (χ3n) is 2.82. The van der Waals surface area contributed by atoms with Gasteiger partial charge in [0.05, 0.1) is 6.61 Å². The summed E-state index contributed by atoms with van der Waals surface area (Å²) < 4.78 is 6.84. The first-order valence-electron chi connectivity index (χ1n) is 5.89. The fourth-order valence-corrected chi connectivity index (χ4v) is 2.28. The van der Waals surface area contributed by atoms with Gasteiger partial charge >= 0.3 is 0 Å². The molecule has 0 aliphatic carbocycles. The van der Waals surface area contributed by atoms with Gasteiger partial charge in [-0.1, -0.05) is 34.1 Å². The van der Waals surface area contributed by atoms with Gasteiger partial charge in [0, 0.05) is 16.6 Å². The van der Waals surface area contributed by atoms with E-state index in [1.165, 1.54) is 0 Å². The van der Waals surface area contributed by atoms with E-state index in [2.05, 4.69) is 15.9 Å². The summed E-state index contributed by atoms with van der Waals surface area (Å²) in [5, 5.41) is 0. The van der Waals surface area contributed by atoms with Gasteiger partial charge in [-0.05, 0) is 42.3 Å². The lowest BCUT2D eigenvalue weighted by Crippen LogP contribution is -2.04. The standard InChI is InChI=1S/C15H16BrNO/c1-11-10-13(16)6-7-15(11)18-9-8-12-4-2-3-5-14(12)17/h2-7,10H,8-9,17H2,1H3. The number of hydrogen-bond donors (Lipinski definition) is 1. The summed E-state index contributed by atoms with van der Waals surface area (Å²) in [4.78, 5) is 0. The van der Waals surface area contributed by atoms with Gasteiger partial charge in [-0.15, -0.1) is 0 Å². The highest BCUT2D eigenvalue weighted by atomic mass is 79.9. The van der Waals surface area contributed by atoms with Crippen molar-refractivity contribution in [2.75, 3.05) is 12.3 Å². The van der Waals surface area contributed by atoms with Crippen molar-refractivity contribution in [1.82, 2.24) is 0 Å². The molecule has 2 aromatic rings. The lowest BCUT2D eigenvalue weighted by atomic mass is 10.1. The third kappa shape index (κ3) is 3.26. The van der Waals surface area contributed by atoms with Gasteiger partial charge in [0.1, 0.15) is 5.75 Å². The SMILES string of the molecule is Cc1cc(Br)ccc1OCCc1ccccc1N. The van der Waals surface area contributed by atoms with E-state index in [0.29, 0.717) is 6.61 Å². The van der Waals surface area contributed by atoms with E-state index in [1.807, 2.05) is 49.4 Å². The van der Waals surface area contributed by atoms with Gasteiger partial charge < -0.3 is 10.5 Å². The number of halogens is 1. The zero-order valence-corrected chi connectivity index (χ0v) is 11.9. The molecular formula is C15H16BrNO. The number of hydrogen-bond acceptors (Lipinski definition) is 2. The Bertz CT molecular complexity index is 540. The molecule has 94 valence electrons. The summed E-state index contributed by atoms with van der Waals surface area (Å²) in [6.45, 7) is 2.67. The maximum absolute atomic E-state index is 5.89. The molecule has 0 spiro atoms. The van der Waals surface area contributed by atoms with E-state index in [1.54, 1.807) is 0 Å². The third-order valence-corrected chi connectivity index (χ3v) is 3.31. The van der Waals surface area contributed by atoms with Crippen LogP contribution in [0.3, 0.4) is 0 Å². The average Bonchev–Trinajstić information content (AvgIpc) is 2.34. The van der Waals surface area contributed by atoms with Crippen LogP contribution in [0.5, 0.6) is 5.75 Å². The Morgan fingerprint density at radius 3 is 2.67 bits per heavy atom. The molecule has 2 nitrogen and oxygen atoms in total. The molecule has 0 radical (unpaired) electrons. The summed E-state index contributed by atoms with van der Waals surface area (Å²) >= 11 is 3.44. The van der Waals surface area contributed by atoms with Crippen LogP contribution in [0.4, 0.5) is 5.69 Å². The molecule has 18 heavy (non-hydrogen) atoms. The van der Waals surface area contributed by atoms with Crippen LogP contribution >= 0.6 is 15.9 Å². The summed E-state index contributed by atoms with van der Waals surface area (Å²) in [6, 6.07) is 13.9. The molecule has 0 aliphatic rings. The summed E-state index contributed by atoms with van der Waals surface area (Å²) in [7, 11) is 0. The molecule has 0 bridgehead atoms. The zero-order chi connectivity index (χ0) is 13.0. The maximum Gasteiger partial charge on any atom is 0.122 e. The van der Waals surface area contributed by atoms with Crippen molar-refractivity contribution in [3.05, 3.63) is 58.1 Å². The second-order valence-electron chi connectivity index (χ2n) is 4.21. The van der Waals surface area contributed by atoms with Gasteiger partial charge in [-0.2, -0.15) is 0 Å². The fraction of sp³-hybridized carbons (Fsp3) is 0.200. The van der Waals surface area contributed by atoms with Crippen LogP contribution in [0.25, 0.3) is 0 Å². The normalized spacial score (nSPS) is 10.3. The topological polar surface area (TPSA) is 35.2 Å². The van der Waals surface area contributed by atoms with E-state index in [4.69, 9.17) is 10.5 Å². The van der Waals surface area contributed by atoms with E-state index in [9.17, 15) is 0 Å². The highest BCUT2D eigenvalue weighted by Crippen LogP contribution is 2.22. The van der Waals surface area contributed by atoms with Crippen molar-refractivity contribution in [1.29, 1.82) is 0 Å². The molecule has 0 fully saturated rings. The lowest BCUT2D eigenvalue weighted by Gasteiger charge is -2.10. The van der Waals surface area contributed by atoms with E-state index in [-0.39, 0.29) is 0 Å². The van der Waals surface area contributed by atoms with Crippen molar-refractivity contribution < 1.29 is 4.74 Å². The molecule has 0 amide bonds. The van der Waals surface area contributed by atoms with E-state index >= 15 is 0 Å². The number of nitrogens with two attached hydrogens (primary N) is 1. The van der Waals surface area contributed by atoms with E-state index < -0.39 is 0 Å². The van der Waals surface area contributed by atoms with Gasteiger partial charge in [-0.3, -0.25) is 0 Å². The van der Waals surface area contributed by atoms with Crippen molar-refractivity contribution in [3.8, 4) is 5.75 Å². The zero-order valence-electron chi connectivity index (χ0n) is 10.3. The second-order valence-corrected chi connectivity index (χ2v) is 5.12. The minimum Gasteiger partial charge on any atom is -0.493 e. The Labute approximate surface area is 116 Å². The number of aryl methyl sites for hydroxylation is 1. The van der Waals surface area contributed by atoms with Crippen LogP contribution in [0.1, 0.15) is 11.1 Å². The van der Waals surface area contributed by atoms with Gasteiger partial charge in [0.25, 0.3) is 0 Å². The Balaban J connectivity index is 1.95. The molecule has 2 aromatic carbocycles. The number of para-hydroxylation sites is 1. The number of nitrogen functional groups attached to an aromatic ring is 1. The smallest absolute Gasteiger partial charge is 0.122 e. The van der Waals surface area contributed by atoms with E-state index in [0.717, 1.165) is 33.5 Å². The Hall–Kier alpha value is -1.48. The number of rotatable bonds is 4. The predicted octanol–water partition coefficient (Wildman–Crippen LogP) is 3.96. The minimum atomic E-state index is 0.636. The van der Waals surface area contributed by atoms with Crippen LogP contribution in [0.2, 0.25) is 0 Å². The summed E-state index contributed by atoms with van der Waals surface area (Å²) in [5.41, 5.74) is 8.98. The Morgan fingerprint density at radius 2 is 1.94 bits per heavy atom. The molecule has 0 saturated carbocycles. The van der Waals surface area contributed by atoms with Crippen molar-refractivity contribution in [2.24, 2.45) is 0 Å². The first-order valence-corrected chi connectivity index (χ1v) is 6.68. The highest BCUT2D eigenvalue weighted by Gasteiger charge is 2.02. The molecule has 2 N–H and O–H groups in total. The predicted molar refractivity (Wildman–Crippen MR) is 78.9 cm³/mol. The average molecular weight is 306 g/mol. The fourth-order valence-electron chi connectivity index (χ4n) is 1.81. The van der Waals surface area contributed by atoms with Crippen molar-refractivity contribution >= 4 is 21.6 Å². The van der Waals surface area contributed by atoms with Crippen molar-refractivity contribution in [3.63, 3.8) is 0 Å². The van der Waals surface area contributed by atoms with Gasteiger partial charge in [0.15, 0.2) is 0 Å². The second kappa shape index (κ2) is 5.91. The highest BCUT2D eigenvalue weighted by molar-refractivity contribution is 9.10. The first kappa shape index (κ1) is 13.0. The molecule has 0 aromatic heterocycles. The molecule has 0 aliphatic heterocycles. The Kier molecular flexibility index (Phi) is 4.26. The monoisotopic (exact) mass is 305 g/mol. The molecule has 0 unspecified atom stereocenters. The largest absolute Gasteiger partial charge is 0.493 e. The van der Waals surface area contributed by atoms with Crippen LogP contribution in [0.15, 0.2) is 46.9 Å². The van der Waals surface area contributed by atoms with Gasteiger partial charge in [-0.25, -0.2) is 0 Å². The quantitative estimate of drug-likeness (QED) is 0.868. The Morgan fingerprint density at radius 1 is 1.17 bits per heavy atom. The van der Waals surface area contributed by atoms with Crippen LogP contribution in [-0.2, 0) is 6.42 Å². The molecule has 2 rings (SSSR count). The number of benzene rings is 2. The van der Waals surface area contributed by atoms with Crippen LogP contribution < -0.4 is 10.5 Å². The summed E-state index contributed by atoms with van der Waals surface area (Å²) in [5.74, 6) is 0.924. The summed E-state index contributed by atoms with van der Waals surface area (Å²) in [6.07, 6.45) is 0.822. The first-order chi connectivity index (χ1) is 8.66. The molecule has 0 heterocycles. The lowest BCUT2D eigenvalue weighted by molar-refractivity contribution is 0.320. The maximum atomic E-state index is 5.89. The van der Waals surface area contributed by atoms with Crippen molar-refractivity contribution in [2.45, 2.75) is 13.3 Å². The van der Waals surface area contributed by atoms with Crippen LogP contribution in [-0.4, -0.2) is 6.61 Å². The number of ether oxygens (including phenoxy) is 1. The molecule has 0 atom stereocenters. The molecular weight excluding hydrogens is 290 g/mol. The molecule has 3 heteroatoms. The minimum absolute atomic E-state index is 0.636. The number of anilines is 1. The molecule has 0 saturated heterocycles. The van der Waals surface area contributed by atoms with Gasteiger partial charge in [0.2, 0.25) is 0 Å². The van der Waals surface area contributed by atoms with Crippen LogP contribution in [0, 0.1) is 6.92 Å².